The third-order valence-corrected chi connectivity index (χ3v) is 1.27. The fourth-order valence-electron chi connectivity index (χ4n) is 0.258. The average Bonchev–Trinajstić information content (AvgIpc) is 1.59. The van der Waals surface area contributed by atoms with Crippen molar-refractivity contribution in [2.45, 2.75) is 0 Å². The Labute approximate surface area is 50.0 Å². The number of rotatable bonds is 3. The van der Waals surface area contributed by atoms with E-state index in [9.17, 15) is 8.42 Å². The third kappa shape index (κ3) is 5.91. The van der Waals surface area contributed by atoms with Crippen molar-refractivity contribution < 1.29 is 8.42 Å². The van der Waals surface area contributed by atoms with Gasteiger partial charge in [-0.1, -0.05) is 0 Å². The maximum Gasteiger partial charge on any atom is 0.160 e. The molecular formula is C4H10NO2S. The molecular weight excluding hydrogens is 126 g/mol. The third-order valence-electron chi connectivity index (χ3n) is 0.541. The summed E-state index contributed by atoms with van der Waals surface area (Å²) in [6.45, 7) is 3.86. The zero-order valence-corrected chi connectivity index (χ0v) is 5.66. The highest BCUT2D eigenvalue weighted by Crippen LogP contribution is 1.74. The molecule has 0 aliphatic carbocycles. The number of hydrogen-bond donors (Lipinski definition) is 1. The minimum Gasteiger partial charge on any atom is -0.304 e. The van der Waals surface area contributed by atoms with Crippen LogP contribution in [0.5, 0.6) is 0 Å². The van der Waals surface area contributed by atoms with E-state index in [-0.39, 0.29) is 5.88 Å². The van der Waals surface area contributed by atoms with E-state index in [1.165, 1.54) is 6.26 Å². The lowest BCUT2D eigenvalue weighted by Crippen LogP contribution is -2.21. The van der Waals surface area contributed by atoms with Gasteiger partial charge in [-0.2, -0.15) is 0 Å². The molecule has 0 aromatic heterocycles. The molecule has 3 nitrogen and oxygen atoms in total. The van der Waals surface area contributed by atoms with E-state index in [1.807, 2.05) is 0 Å². The van der Waals surface area contributed by atoms with Gasteiger partial charge >= 0.3 is 0 Å². The minimum absolute atomic E-state index is 0.0243. The molecule has 0 saturated carbocycles. The second-order valence-electron chi connectivity index (χ2n) is 1.57. The van der Waals surface area contributed by atoms with Crippen molar-refractivity contribution in [1.82, 2.24) is 5.32 Å². The number of sulfone groups is 1. The smallest absolute Gasteiger partial charge is 0.160 e. The first-order chi connectivity index (χ1) is 3.56. The minimum atomic E-state index is -2.84. The van der Waals surface area contributed by atoms with Gasteiger partial charge in [-0.3, -0.25) is 0 Å². The van der Waals surface area contributed by atoms with Crippen LogP contribution in [0.3, 0.4) is 0 Å². The van der Waals surface area contributed by atoms with Crippen molar-refractivity contribution in [3.63, 3.8) is 0 Å². The summed E-state index contributed by atoms with van der Waals surface area (Å²) in [6.07, 6.45) is 1.18. The number of nitrogens with one attached hydrogen (secondary N) is 1. The van der Waals surface area contributed by atoms with Crippen LogP contribution in [0.25, 0.3) is 0 Å². The molecule has 0 fully saturated rings. The fourth-order valence-corrected chi connectivity index (χ4v) is 0.773. The molecule has 0 spiro atoms. The van der Waals surface area contributed by atoms with Crippen molar-refractivity contribution in [3.05, 3.63) is 6.92 Å². The van der Waals surface area contributed by atoms with E-state index in [0.29, 0.717) is 6.54 Å². The predicted octanol–water partition coefficient (Wildman–Crippen LogP) is -0.588. The van der Waals surface area contributed by atoms with E-state index in [0.717, 1.165) is 0 Å². The molecule has 0 bridgehead atoms. The first-order valence-corrected chi connectivity index (χ1v) is 4.30. The largest absolute Gasteiger partial charge is 0.304 e. The maximum atomic E-state index is 10.3. The van der Waals surface area contributed by atoms with Crippen molar-refractivity contribution in [3.8, 4) is 0 Å². The first kappa shape index (κ1) is 7.91. The van der Waals surface area contributed by atoms with Crippen LogP contribution in [0.2, 0.25) is 0 Å². The molecule has 0 aliphatic rings. The summed E-state index contributed by atoms with van der Waals surface area (Å²) in [7, 11) is -2.84. The van der Waals surface area contributed by atoms with Crippen LogP contribution in [0, 0.1) is 6.92 Å². The van der Waals surface area contributed by atoms with Gasteiger partial charge in [-0.05, 0) is 13.5 Å². The first-order valence-electron chi connectivity index (χ1n) is 2.24. The summed E-state index contributed by atoms with van der Waals surface area (Å²) in [4.78, 5) is 0. The van der Waals surface area contributed by atoms with Crippen LogP contribution in [0.15, 0.2) is 0 Å². The zero-order valence-electron chi connectivity index (χ0n) is 4.85. The van der Waals surface area contributed by atoms with E-state index >= 15 is 0 Å². The van der Waals surface area contributed by atoms with Crippen LogP contribution in [0.1, 0.15) is 0 Å². The van der Waals surface area contributed by atoms with Gasteiger partial charge < -0.3 is 5.32 Å². The molecule has 0 heterocycles. The van der Waals surface area contributed by atoms with Gasteiger partial charge in [0.25, 0.3) is 0 Å². The summed E-state index contributed by atoms with van der Waals surface area (Å²) in [5, 5.41) is 2.59. The van der Waals surface area contributed by atoms with Crippen molar-refractivity contribution >= 4 is 9.84 Å². The van der Waals surface area contributed by atoms with Crippen LogP contribution in [-0.2, 0) is 9.84 Å². The van der Waals surface area contributed by atoms with Gasteiger partial charge in [-0.25, -0.2) is 8.42 Å². The quantitative estimate of drug-likeness (QED) is 0.564. The standard InChI is InChI=1S/C4H10NO2S/c1-3-5-4-8(2,6)7/h5H,1,3-4H2,2H3. The van der Waals surface area contributed by atoms with Gasteiger partial charge in [-0.15, -0.1) is 0 Å². The topological polar surface area (TPSA) is 46.2 Å². The van der Waals surface area contributed by atoms with E-state index in [4.69, 9.17) is 0 Å². The lowest BCUT2D eigenvalue weighted by Gasteiger charge is -1.95. The second-order valence-corrected chi connectivity index (χ2v) is 3.71. The van der Waals surface area contributed by atoms with Crippen LogP contribution in [-0.4, -0.2) is 27.1 Å². The molecule has 0 rings (SSSR count). The van der Waals surface area contributed by atoms with Gasteiger partial charge in [0.2, 0.25) is 0 Å². The maximum absolute atomic E-state index is 10.3. The second kappa shape index (κ2) is 3.04. The molecule has 1 N–H and O–H groups in total. The summed E-state index contributed by atoms with van der Waals surface area (Å²) < 4.78 is 20.6. The highest BCUT2D eigenvalue weighted by molar-refractivity contribution is 7.90. The molecule has 0 aliphatic heterocycles. The highest BCUT2D eigenvalue weighted by atomic mass is 32.2. The van der Waals surface area contributed by atoms with Gasteiger partial charge in [0.15, 0.2) is 9.84 Å². The molecule has 49 valence electrons. The van der Waals surface area contributed by atoms with Crippen LogP contribution < -0.4 is 5.32 Å². The van der Waals surface area contributed by atoms with Gasteiger partial charge in [0.05, 0.1) is 5.88 Å². The summed E-state index contributed by atoms with van der Waals surface area (Å²) >= 11 is 0. The molecule has 4 heteroatoms. The van der Waals surface area contributed by atoms with Crippen molar-refractivity contribution in [1.29, 1.82) is 0 Å². The van der Waals surface area contributed by atoms with Crippen molar-refractivity contribution in [2.75, 3.05) is 18.7 Å². The SMILES string of the molecule is [CH2]CNCS(C)(=O)=O. The molecule has 0 amide bonds. The van der Waals surface area contributed by atoms with E-state index in [1.54, 1.807) is 0 Å². The monoisotopic (exact) mass is 136 g/mol. The Bertz CT molecular complexity index is 138. The lowest BCUT2D eigenvalue weighted by molar-refractivity contribution is 0.595. The van der Waals surface area contributed by atoms with Crippen LogP contribution in [0.4, 0.5) is 0 Å². The fraction of sp³-hybridized carbons (Fsp3) is 0.750. The lowest BCUT2D eigenvalue weighted by atomic mass is 10.8. The average molecular weight is 136 g/mol. The molecule has 0 aromatic rings. The zero-order chi connectivity index (χ0) is 6.62. The molecule has 0 saturated heterocycles. The predicted molar refractivity (Wildman–Crippen MR) is 33.1 cm³/mol. The normalized spacial score (nSPS) is 11.8. The van der Waals surface area contributed by atoms with E-state index in [2.05, 4.69) is 12.2 Å². The Balaban J connectivity index is 3.42. The van der Waals surface area contributed by atoms with Crippen LogP contribution >= 0.6 is 0 Å². The molecule has 0 unspecified atom stereocenters. The summed E-state index contributed by atoms with van der Waals surface area (Å²) in [5.74, 6) is 0.0243. The van der Waals surface area contributed by atoms with Crippen molar-refractivity contribution in [2.24, 2.45) is 0 Å². The Morgan fingerprint density at radius 3 is 2.25 bits per heavy atom. The Kier molecular flexibility index (Phi) is 3.01. The molecule has 0 atom stereocenters. The summed E-state index contributed by atoms with van der Waals surface area (Å²) in [6, 6.07) is 0. The Morgan fingerprint density at radius 2 is 2.12 bits per heavy atom. The highest BCUT2D eigenvalue weighted by Gasteiger charge is 1.96. The number of hydrogen-bond acceptors (Lipinski definition) is 3. The van der Waals surface area contributed by atoms with Gasteiger partial charge in [0.1, 0.15) is 0 Å². The van der Waals surface area contributed by atoms with Gasteiger partial charge in [0, 0.05) is 6.26 Å². The molecule has 0 aromatic carbocycles. The summed E-state index contributed by atoms with van der Waals surface area (Å²) in [5.41, 5.74) is 0. The molecule has 1 radical (unpaired) electrons. The Morgan fingerprint density at radius 1 is 1.62 bits per heavy atom. The van der Waals surface area contributed by atoms with E-state index < -0.39 is 9.84 Å². The Hall–Kier alpha value is -0.0900. The molecule has 8 heavy (non-hydrogen) atoms.